The molecule has 104 valence electrons. The largest absolute Gasteiger partial charge is 0.382 e. The number of ether oxygens (including phenoxy) is 1. The minimum absolute atomic E-state index is 0.797. The van der Waals surface area contributed by atoms with E-state index in [1.807, 2.05) is 13.0 Å². The monoisotopic (exact) mass is 261 g/mol. The molecule has 2 aromatic rings. The van der Waals surface area contributed by atoms with Crippen molar-refractivity contribution in [1.29, 1.82) is 0 Å². The van der Waals surface area contributed by atoms with E-state index in [1.54, 1.807) is 0 Å². The number of rotatable bonds is 8. The van der Waals surface area contributed by atoms with Crippen molar-refractivity contribution in [2.24, 2.45) is 0 Å². The summed E-state index contributed by atoms with van der Waals surface area (Å²) in [5.41, 5.74) is 2.30. The Labute approximate surface area is 114 Å². The Bertz CT molecular complexity index is 507. The molecule has 1 aromatic heterocycles. The maximum Gasteiger partial charge on any atom is 0.123 e. The first-order valence-corrected chi connectivity index (χ1v) is 7.09. The maximum absolute atomic E-state index is 5.32. The predicted octanol–water partition coefficient (Wildman–Crippen LogP) is 2.57. The van der Waals surface area contributed by atoms with Crippen LogP contribution in [0.15, 0.2) is 24.3 Å². The molecule has 0 amide bonds. The van der Waals surface area contributed by atoms with Gasteiger partial charge in [-0.3, -0.25) is 0 Å². The van der Waals surface area contributed by atoms with E-state index in [0.717, 1.165) is 50.6 Å². The molecule has 2 rings (SSSR count). The number of imidazole rings is 1. The fourth-order valence-electron chi connectivity index (χ4n) is 2.26. The van der Waals surface area contributed by atoms with Crippen molar-refractivity contribution in [3.8, 4) is 0 Å². The smallest absolute Gasteiger partial charge is 0.123 e. The van der Waals surface area contributed by atoms with Crippen molar-refractivity contribution >= 4 is 11.0 Å². The first kappa shape index (κ1) is 14.0. The van der Waals surface area contributed by atoms with E-state index >= 15 is 0 Å². The van der Waals surface area contributed by atoms with Crippen molar-refractivity contribution in [2.45, 2.75) is 33.4 Å². The highest BCUT2D eigenvalue weighted by Gasteiger charge is 2.07. The highest BCUT2D eigenvalue weighted by molar-refractivity contribution is 5.75. The van der Waals surface area contributed by atoms with Crippen molar-refractivity contribution < 1.29 is 4.74 Å². The molecule has 0 fully saturated rings. The van der Waals surface area contributed by atoms with Crippen LogP contribution in [0.2, 0.25) is 0 Å². The molecule has 0 aliphatic rings. The van der Waals surface area contributed by atoms with Crippen LogP contribution in [0.25, 0.3) is 11.0 Å². The number of aromatic nitrogens is 2. The minimum atomic E-state index is 0.797. The Kier molecular flexibility index (Phi) is 5.36. The molecule has 0 saturated heterocycles. The number of hydrogen-bond donors (Lipinski definition) is 1. The number of nitrogens with one attached hydrogen (secondary N) is 1. The van der Waals surface area contributed by atoms with E-state index in [0.29, 0.717) is 0 Å². The summed E-state index contributed by atoms with van der Waals surface area (Å²) in [7, 11) is 0. The lowest BCUT2D eigenvalue weighted by Crippen LogP contribution is -2.19. The molecule has 0 spiro atoms. The van der Waals surface area contributed by atoms with Gasteiger partial charge >= 0.3 is 0 Å². The van der Waals surface area contributed by atoms with Crippen LogP contribution in [-0.2, 0) is 17.8 Å². The molecule has 0 radical (unpaired) electrons. The van der Waals surface area contributed by atoms with Gasteiger partial charge < -0.3 is 14.6 Å². The maximum atomic E-state index is 5.32. The second-order valence-electron chi connectivity index (χ2n) is 4.49. The summed E-state index contributed by atoms with van der Waals surface area (Å²) in [6.07, 6.45) is 1.04. The van der Waals surface area contributed by atoms with Gasteiger partial charge in [0.1, 0.15) is 5.82 Å². The van der Waals surface area contributed by atoms with Crippen LogP contribution in [0.4, 0.5) is 0 Å². The van der Waals surface area contributed by atoms with E-state index in [2.05, 4.69) is 40.0 Å². The third-order valence-electron chi connectivity index (χ3n) is 3.18. The normalized spacial score (nSPS) is 11.3. The van der Waals surface area contributed by atoms with Crippen LogP contribution < -0.4 is 5.32 Å². The Morgan fingerprint density at radius 1 is 1.26 bits per heavy atom. The number of fused-ring (bicyclic) bond motifs is 1. The van der Waals surface area contributed by atoms with Gasteiger partial charge in [0.15, 0.2) is 0 Å². The first-order valence-electron chi connectivity index (χ1n) is 7.09. The average molecular weight is 261 g/mol. The summed E-state index contributed by atoms with van der Waals surface area (Å²) >= 11 is 0. The molecular formula is C15H23N3O. The number of benzene rings is 1. The molecule has 0 bridgehead atoms. The molecular weight excluding hydrogens is 238 g/mol. The van der Waals surface area contributed by atoms with Gasteiger partial charge in [0.25, 0.3) is 0 Å². The second-order valence-corrected chi connectivity index (χ2v) is 4.49. The van der Waals surface area contributed by atoms with Gasteiger partial charge in [0.05, 0.1) is 17.6 Å². The van der Waals surface area contributed by atoms with Crippen LogP contribution in [0.3, 0.4) is 0 Å². The molecule has 0 aliphatic heterocycles. The van der Waals surface area contributed by atoms with Gasteiger partial charge in [0, 0.05) is 19.8 Å². The van der Waals surface area contributed by atoms with Gasteiger partial charge in [-0.1, -0.05) is 12.1 Å². The summed E-state index contributed by atoms with van der Waals surface area (Å²) in [5, 5.41) is 3.43. The second kappa shape index (κ2) is 7.26. The van der Waals surface area contributed by atoms with Gasteiger partial charge in [-0.05, 0) is 38.9 Å². The fourth-order valence-corrected chi connectivity index (χ4v) is 2.26. The number of hydrogen-bond acceptors (Lipinski definition) is 3. The zero-order valence-corrected chi connectivity index (χ0v) is 11.9. The number of aryl methyl sites for hydroxylation is 1. The summed E-state index contributed by atoms with van der Waals surface area (Å²) in [5.74, 6) is 1.11. The molecule has 1 aromatic carbocycles. The van der Waals surface area contributed by atoms with Crippen molar-refractivity contribution in [3.05, 3.63) is 30.1 Å². The lowest BCUT2D eigenvalue weighted by molar-refractivity contribution is 0.144. The lowest BCUT2D eigenvalue weighted by Gasteiger charge is -2.07. The van der Waals surface area contributed by atoms with Gasteiger partial charge in [0.2, 0.25) is 0 Å². The molecule has 19 heavy (non-hydrogen) atoms. The summed E-state index contributed by atoms with van der Waals surface area (Å²) in [6, 6.07) is 8.30. The van der Waals surface area contributed by atoms with Crippen LogP contribution in [0.1, 0.15) is 26.1 Å². The first-order chi connectivity index (χ1) is 9.36. The molecule has 1 heterocycles. The van der Waals surface area contributed by atoms with Gasteiger partial charge in [-0.2, -0.15) is 0 Å². The van der Waals surface area contributed by atoms with E-state index in [4.69, 9.17) is 4.74 Å². The Balaban J connectivity index is 1.93. The molecule has 0 aliphatic carbocycles. The van der Waals surface area contributed by atoms with Crippen LogP contribution in [0.5, 0.6) is 0 Å². The summed E-state index contributed by atoms with van der Waals surface area (Å²) in [4.78, 5) is 4.69. The van der Waals surface area contributed by atoms with Crippen LogP contribution >= 0.6 is 0 Å². The van der Waals surface area contributed by atoms with E-state index in [-0.39, 0.29) is 0 Å². The van der Waals surface area contributed by atoms with Gasteiger partial charge in [-0.15, -0.1) is 0 Å². The fraction of sp³-hybridized carbons (Fsp3) is 0.533. The van der Waals surface area contributed by atoms with Crippen molar-refractivity contribution in [2.75, 3.05) is 19.8 Å². The molecule has 0 unspecified atom stereocenters. The van der Waals surface area contributed by atoms with Crippen LogP contribution in [-0.4, -0.2) is 29.3 Å². The predicted molar refractivity (Wildman–Crippen MR) is 78.2 cm³/mol. The van der Waals surface area contributed by atoms with Gasteiger partial charge in [-0.25, -0.2) is 4.98 Å². The summed E-state index contributed by atoms with van der Waals surface area (Å²) in [6.45, 7) is 8.54. The minimum Gasteiger partial charge on any atom is -0.382 e. The lowest BCUT2D eigenvalue weighted by atomic mass is 10.3. The molecule has 1 N–H and O–H groups in total. The van der Waals surface area contributed by atoms with E-state index in [9.17, 15) is 0 Å². The number of para-hydroxylation sites is 2. The SMILES string of the molecule is CCOCCCNCc1nc2ccccc2n1CC. The Morgan fingerprint density at radius 3 is 2.89 bits per heavy atom. The molecule has 0 saturated carbocycles. The third-order valence-corrected chi connectivity index (χ3v) is 3.18. The average Bonchev–Trinajstić information content (AvgIpc) is 2.80. The summed E-state index contributed by atoms with van der Waals surface area (Å²) < 4.78 is 7.59. The highest BCUT2D eigenvalue weighted by Crippen LogP contribution is 2.15. The zero-order chi connectivity index (χ0) is 13.5. The topological polar surface area (TPSA) is 39.1 Å². The molecule has 0 atom stereocenters. The highest BCUT2D eigenvalue weighted by atomic mass is 16.5. The zero-order valence-electron chi connectivity index (χ0n) is 11.9. The Hall–Kier alpha value is -1.39. The van der Waals surface area contributed by atoms with Crippen molar-refractivity contribution in [3.63, 3.8) is 0 Å². The van der Waals surface area contributed by atoms with Crippen LogP contribution in [0, 0.1) is 0 Å². The van der Waals surface area contributed by atoms with E-state index in [1.165, 1.54) is 5.52 Å². The third kappa shape index (κ3) is 3.55. The molecule has 4 heteroatoms. The van der Waals surface area contributed by atoms with Crippen molar-refractivity contribution in [1.82, 2.24) is 14.9 Å². The number of nitrogens with zero attached hydrogens (tertiary/aromatic N) is 2. The molecule has 4 nitrogen and oxygen atoms in total. The Morgan fingerprint density at radius 2 is 2.11 bits per heavy atom. The standard InChI is InChI=1S/C15H23N3O/c1-3-18-14-9-6-5-8-13(14)17-15(18)12-16-10-7-11-19-4-2/h5-6,8-9,16H,3-4,7,10-12H2,1-2H3. The van der Waals surface area contributed by atoms with E-state index < -0.39 is 0 Å². The quantitative estimate of drug-likeness (QED) is 0.742.